The number of Topliss-reactive ketones (excluding diaryl/α,β-unsaturated/α-hetero) is 1. The van der Waals surface area contributed by atoms with Crippen molar-refractivity contribution < 1.29 is 37.2 Å². The molecule has 7 heteroatoms. The number of carbonyl (C=O) groups excluding carboxylic acids is 2. The molecule has 0 heterocycles. The molecule has 174 valence electrons. The second-order valence-electron chi connectivity index (χ2n) is 7.78. The minimum atomic E-state index is -0.625. The van der Waals surface area contributed by atoms with Gasteiger partial charge in [-0.3, -0.25) is 9.59 Å². The normalized spacial score (nSPS) is 12.2. The molecule has 2 atom stereocenters. The highest BCUT2D eigenvalue weighted by atomic mass is 35.5. The number of aliphatic hydroxyl groups excluding tert-OH is 1. The van der Waals surface area contributed by atoms with Gasteiger partial charge in [-0.15, -0.1) is 0 Å². The van der Waals surface area contributed by atoms with Crippen LogP contribution in [0.15, 0.2) is 60.2 Å². The van der Waals surface area contributed by atoms with Crippen LogP contribution in [0.2, 0.25) is 0 Å². The minimum absolute atomic E-state index is 0. The van der Waals surface area contributed by atoms with Gasteiger partial charge in [0.05, 0.1) is 20.1 Å². The molecular weight excluding hydrogens is 428 g/mol. The fraction of sp³-hybridized carbons (Fsp3) is 0.360. The number of allylic oxidation sites excluding steroid dienone is 1. The first kappa shape index (κ1) is 27.4. The molecule has 2 aromatic rings. The zero-order chi connectivity index (χ0) is 22.8. The number of rotatable bonds is 11. The summed E-state index contributed by atoms with van der Waals surface area (Å²) in [5.41, 5.74) is 2.89. The molecule has 2 unspecified atom stereocenters. The first-order valence-electron chi connectivity index (χ1n) is 10.6. The van der Waals surface area contributed by atoms with Crippen molar-refractivity contribution in [3.05, 3.63) is 71.3 Å². The van der Waals surface area contributed by atoms with Crippen molar-refractivity contribution in [2.45, 2.75) is 45.8 Å². The van der Waals surface area contributed by atoms with E-state index in [-0.39, 0.29) is 30.1 Å². The van der Waals surface area contributed by atoms with Crippen LogP contribution in [0.25, 0.3) is 0 Å². The number of ether oxygens (including phenoxy) is 1. The van der Waals surface area contributed by atoms with Gasteiger partial charge in [-0.25, -0.2) is 0 Å². The van der Waals surface area contributed by atoms with Crippen molar-refractivity contribution >= 4 is 17.4 Å². The number of amides is 1. The van der Waals surface area contributed by atoms with Gasteiger partial charge in [-0.1, -0.05) is 36.8 Å². The van der Waals surface area contributed by atoms with Gasteiger partial charge in [0.25, 0.3) is 0 Å². The first-order chi connectivity index (χ1) is 14.8. The molecule has 0 bridgehead atoms. The third-order valence-corrected chi connectivity index (χ3v) is 5.05. The largest absolute Gasteiger partial charge is 1.00 e. The van der Waals surface area contributed by atoms with E-state index in [2.05, 4.69) is 5.32 Å². The summed E-state index contributed by atoms with van der Waals surface area (Å²) in [6.45, 7) is 6.30. The molecule has 0 aliphatic rings. The van der Waals surface area contributed by atoms with Gasteiger partial charge in [0, 0.05) is 17.3 Å². The van der Waals surface area contributed by atoms with Gasteiger partial charge in [0.2, 0.25) is 5.91 Å². The molecule has 2 aromatic carbocycles. The topological polar surface area (TPSA) is 92.2 Å². The van der Waals surface area contributed by atoms with Crippen LogP contribution >= 0.6 is 0 Å². The maximum absolute atomic E-state index is 12.6. The second-order valence-corrected chi connectivity index (χ2v) is 7.78. The van der Waals surface area contributed by atoms with Crippen molar-refractivity contribution in [2.75, 3.05) is 19.0 Å². The minimum Gasteiger partial charge on any atom is -1.00 e. The van der Waals surface area contributed by atoms with Crippen molar-refractivity contribution in [3.8, 4) is 5.75 Å². The van der Waals surface area contributed by atoms with Gasteiger partial charge in [-0.2, -0.15) is 0 Å². The average molecular weight is 461 g/mol. The summed E-state index contributed by atoms with van der Waals surface area (Å²) < 4.78 is 5.16. The quantitative estimate of drug-likeness (QED) is 0.331. The van der Waals surface area contributed by atoms with Crippen molar-refractivity contribution in [2.24, 2.45) is 0 Å². The van der Waals surface area contributed by atoms with E-state index in [1.165, 1.54) is 6.08 Å². The number of nitrogens with two attached hydrogens (primary N) is 1. The Morgan fingerprint density at radius 3 is 2.44 bits per heavy atom. The number of methoxy groups -OCH3 is 1. The molecule has 0 saturated heterocycles. The molecule has 6 nitrogen and oxygen atoms in total. The van der Waals surface area contributed by atoms with E-state index in [0.29, 0.717) is 24.2 Å². The first-order valence-corrected chi connectivity index (χ1v) is 10.6. The maximum atomic E-state index is 12.6. The van der Waals surface area contributed by atoms with E-state index in [0.717, 1.165) is 23.3 Å². The summed E-state index contributed by atoms with van der Waals surface area (Å²) in [4.78, 5) is 24.5. The summed E-state index contributed by atoms with van der Waals surface area (Å²) in [5.74, 6) is 0.539. The van der Waals surface area contributed by atoms with Crippen LogP contribution in [-0.2, 0) is 4.79 Å². The van der Waals surface area contributed by atoms with E-state index in [9.17, 15) is 14.7 Å². The Morgan fingerprint density at radius 2 is 1.84 bits per heavy atom. The number of benzene rings is 2. The van der Waals surface area contributed by atoms with Gasteiger partial charge in [-0.05, 0) is 50.1 Å². The number of ketones is 1. The summed E-state index contributed by atoms with van der Waals surface area (Å²) in [5, 5.41) is 15.5. The average Bonchev–Trinajstić information content (AvgIpc) is 2.75. The smallest absolute Gasteiger partial charge is 0.248 e. The van der Waals surface area contributed by atoms with Crippen LogP contribution in [0.4, 0.5) is 5.69 Å². The Labute approximate surface area is 196 Å². The number of hydrogen-bond donors (Lipinski definition) is 3. The highest BCUT2D eigenvalue weighted by molar-refractivity contribution is 6.01. The van der Waals surface area contributed by atoms with Gasteiger partial charge in [0.15, 0.2) is 5.78 Å². The zero-order valence-electron chi connectivity index (χ0n) is 19.1. The Balaban J connectivity index is 0.00000512. The predicted octanol–water partition coefficient (Wildman–Crippen LogP) is 0.252. The SMILES string of the molecule is CCC([NH2+]CCC(=O)c1cccc(NC(=O)C=C(C)C)c1)C(O)c1ccc(OC)cc1.[Cl-]. The van der Waals surface area contributed by atoms with E-state index >= 15 is 0 Å². The van der Waals surface area contributed by atoms with Crippen LogP contribution in [0.3, 0.4) is 0 Å². The molecular formula is C25H33ClN2O4. The number of nitrogens with one attached hydrogen (secondary N) is 1. The number of hydrogen-bond acceptors (Lipinski definition) is 4. The number of carbonyl (C=O) groups is 2. The van der Waals surface area contributed by atoms with Crippen molar-refractivity contribution in [1.29, 1.82) is 0 Å². The lowest BCUT2D eigenvalue weighted by atomic mass is 9.99. The van der Waals surface area contributed by atoms with Crippen LogP contribution in [0, 0.1) is 0 Å². The van der Waals surface area contributed by atoms with Gasteiger partial charge >= 0.3 is 0 Å². The van der Waals surface area contributed by atoms with Crippen LogP contribution < -0.4 is 27.8 Å². The maximum Gasteiger partial charge on any atom is 0.248 e. The second kappa shape index (κ2) is 13.7. The highest BCUT2D eigenvalue weighted by Gasteiger charge is 2.22. The fourth-order valence-electron chi connectivity index (χ4n) is 3.35. The predicted molar refractivity (Wildman–Crippen MR) is 122 cm³/mol. The van der Waals surface area contributed by atoms with Crippen LogP contribution in [0.5, 0.6) is 5.75 Å². The third kappa shape index (κ3) is 8.46. The van der Waals surface area contributed by atoms with E-state index in [4.69, 9.17) is 4.74 Å². The number of halogens is 1. The molecule has 2 rings (SSSR count). The lowest BCUT2D eigenvalue weighted by Gasteiger charge is -2.20. The Bertz CT molecular complexity index is 908. The molecule has 0 aromatic heterocycles. The van der Waals surface area contributed by atoms with Gasteiger partial charge in [0.1, 0.15) is 17.9 Å². The highest BCUT2D eigenvalue weighted by Crippen LogP contribution is 2.20. The molecule has 0 radical (unpaired) electrons. The molecule has 0 aliphatic carbocycles. The van der Waals surface area contributed by atoms with Crippen LogP contribution in [-0.4, -0.2) is 36.5 Å². The summed E-state index contributed by atoms with van der Waals surface area (Å²) in [7, 11) is 1.61. The number of quaternary nitrogens is 1. The summed E-state index contributed by atoms with van der Waals surface area (Å²) >= 11 is 0. The zero-order valence-corrected chi connectivity index (χ0v) is 19.9. The number of anilines is 1. The Hall–Kier alpha value is -2.67. The Kier molecular flexibility index (Phi) is 11.7. The summed E-state index contributed by atoms with van der Waals surface area (Å²) in [6, 6.07) is 14.3. The summed E-state index contributed by atoms with van der Waals surface area (Å²) in [6.07, 6.45) is 2.01. The van der Waals surface area contributed by atoms with Gasteiger partial charge < -0.3 is 32.9 Å². The lowest BCUT2D eigenvalue weighted by molar-refractivity contribution is -0.697. The van der Waals surface area contributed by atoms with Crippen LogP contribution in [0.1, 0.15) is 55.6 Å². The third-order valence-electron chi connectivity index (χ3n) is 5.05. The number of aliphatic hydroxyl groups is 1. The van der Waals surface area contributed by atoms with E-state index in [1.54, 1.807) is 31.4 Å². The van der Waals surface area contributed by atoms with Crippen molar-refractivity contribution in [3.63, 3.8) is 0 Å². The molecule has 32 heavy (non-hydrogen) atoms. The molecule has 0 spiro atoms. The molecule has 4 N–H and O–H groups in total. The fourth-order valence-corrected chi connectivity index (χ4v) is 3.35. The molecule has 0 fully saturated rings. The molecule has 0 saturated carbocycles. The molecule has 0 aliphatic heterocycles. The van der Waals surface area contributed by atoms with E-state index < -0.39 is 6.10 Å². The Morgan fingerprint density at radius 1 is 1.16 bits per heavy atom. The standard InChI is InChI=1S/C25H32N2O4.ClH/c1-5-22(25(30)18-9-11-21(31-4)12-10-18)26-14-13-23(28)19-7-6-8-20(16-19)27-24(29)15-17(2)3;/h6-12,15-16,22,25-26,30H,5,13-14H2,1-4H3,(H,27,29);1H. The van der Waals surface area contributed by atoms with Crippen molar-refractivity contribution in [1.82, 2.24) is 0 Å². The molecule has 1 amide bonds. The monoisotopic (exact) mass is 460 g/mol. The lowest BCUT2D eigenvalue weighted by Crippen LogP contribution is -3.00. The van der Waals surface area contributed by atoms with E-state index in [1.807, 2.05) is 50.4 Å².